The molecule has 0 spiro atoms. The quantitative estimate of drug-likeness (QED) is 0.718. The van der Waals surface area contributed by atoms with E-state index in [9.17, 15) is 19.5 Å². The molecule has 21 heavy (non-hydrogen) atoms. The Hall–Kier alpha value is -2.37. The number of nitrogens with one attached hydrogen (secondary N) is 2. The average molecular weight is 292 g/mol. The molecule has 0 saturated carbocycles. The van der Waals surface area contributed by atoms with Gasteiger partial charge >= 0.3 is 5.97 Å². The first kappa shape index (κ1) is 16.7. The Labute approximate surface area is 123 Å². The molecule has 114 valence electrons. The summed E-state index contributed by atoms with van der Waals surface area (Å²) in [5.74, 6) is -1.77. The largest absolute Gasteiger partial charge is 0.481 e. The standard InChI is InChI=1S/C15H20N2O4/c1-10(17-11(2)18)13(19)16-9-15(3,14(20)21)12-7-5-4-6-8-12/h4-8,10H,9H2,1-3H3,(H,16,19)(H,17,18)(H,20,21). The van der Waals surface area contributed by atoms with Crippen LogP contribution in [0, 0.1) is 0 Å². The molecule has 3 N–H and O–H groups in total. The number of hydrogen-bond donors (Lipinski definition) is 3. The number of carboxylic acids is 1. The van der Waals surface area contributed by atoms with Gasteiger partial charge in [0.1, 0.15) is 11.5 Å². The maximum absolute atomic E-state index is 11.9. The fourth-order valence-electron chi connectivity index (χ4n) is 1.89. The summed E-state index contributed by atoms with van der Waals surface area (Å²) in [5, 5.41) is 14.5. The first-order valence-electron chi connectivity index (χ1n) is 6.61. The Balaban J connectivity index is 2.79. The number of benzene rings is 1. The monoisotopic (exact) mass is 292 g/mol. The van der Waals surface area contributed by atoms with E-state index >= 15 is 0 Å². The number of amides is 2. The van der Waals surface area contributed by atoms with Crippen LogP contribution in [-0.2, 0) is 19.8 Å². The average Bonchev–Trinajstić information content (AvgIpc) is 2.44. The molecule has 2 amide bonds. The van der Waals surface area contributed by atoms with E-state index in [1.165, 1.54) is 13.8 Å². The maximum atomic E-state index is 11.9. The summed E-state index contributed by atoms with van der Waals surface area (Å²) in [5.41, 5.74) is -0.627. The van der Waals surface area contributed by atoms with E-state index in [-0.39, 0.29) is 12.5 Å². The summed E-state index contributed by atoms with van der Waals surface area (Å²) < 4.78 is 0. The molecule has 0 aliphatic heterocycles. The molecule has 0 radical (unpaired) electrons. The van der Waals surface area contributed by atoms with Crippen LogP contribution < -0.4 is 10.6 Å². The van der Waals surface area contributed by atoms with E-state index in [1.54, 1.807) is 37.3 Å². The fraction of sp³-hybridized carbons (Fsp3) is 0.400. The van der Waals surface area contributed by atoms with Gasteiger partial charge < -0.3 is 15.7 Å². The highest BCUT2D eigenvalue weighted by atomic mass is 16.4. The molecule has 0 fully saturated rings. The minimum Gasteiger partial charge on any atom is -0.481 e. The van der Waals surface area contributed by atoms with E-state index in [2.05, 4.69) is 10.6 Å². The number of carbonyl (C=O) groups excluding carboxylic acids is 2. The summed E-state index contributed by atoms with van der Waals surface area (Å²) in [6.07, 6.45) is 0. The van der Waals surface area contributed by atoms with Gasteiger partial charge in [0.05, 0.1) is 0 Å². The molecule has 1 rings (SSSR count). The topological polar surface area (TPSA) is 95.5 Å². The van der Waals surface area contributed by atoms with Crippen molar-refractivity contribution in [1.29, 1.82) is 0 Å². The van der Waals surface area contributed by atoms with Gasteiger partial charge in [0.2, 0.25) is 11.8 Å². The summed E-state index contributed by atoms with van der Waals surface area (Å²) in [7, 11) is 0. The lowest BCUT2D eigenvalue weighted by Crippen LogP contribution is -2.50. The van der Waals surface area contributed by atoms with Gasteiger partial charge in [-0.3, -0.25) is 14.4 Å². The third kappa shape index (κ3) is 4.30. The van der Waals surface area contributed by atoms with Gasteiger partial charge in [0.15, 0.2) is 0 Å². The van der Waals surface area contributed by atoms with Crippen molar-refractivity contribution in [3.05, 3.63) is 35.9 Å². The number of carboxylic acid groups (broad SMARTS) is 1. The van der Waals surface area contributed by atoms with E-state index in [0.29, 0.717) is 5.56 Å². The second-order valence-electron chi connectivity index (χ2n) is 5.14. The molecule has 6 nitrogen and oxygen atoms in total. The van der Waals surface area contributed by atoms with Crippen LogP contribution in [0.1, 0.15) is 26.3 Å². The van der Waals surface area contributed by atoms with Crippen molar-refractivity contribution >= 4 is 17.8 Å². The summed E-state index contributed by atoms with van der Waals surface area (Å²) in [6.45, 7) is 4.34. The summed E-state index contributed by atoms with van der Waals surface area (Å²) >= 11 is 0. The lowest BCUT2D eigenvalue weighted by atomic mass is 9.82. The first-order valence-corrected chi connectivity index (χ1v) is 6.61. The van der Waals surface area contributed by atoms with Gasteiger partial charge in [0, 0.05) is 13.5 Å². The normalized spacial score (nSPS) is 14.6. The van der Waals surface area contributed by atoms with Crippen LogP contribution in [0.15, 0.2) is 30.3 Å². The molecule has 0 heterocycles. The molecule has 0 aliphatic rings. The Kier molecular flexibility index (Phi) is 5.46. The predicted octanol–water partition coefficient (Wildman–Crippen LogP) is 0.670. The number of rotatable bonds is 6. The zero-order valence-electron chi connectivity index (χ0n) is 12.3. The van der Waals surface area contributed by atoms with Crippen LogP contribution in [0.3, 0.4) is 0 Å². The van der Waals surface area contributed by atoms with Crippen molar-refractivity contribution in [3.8, 4) is 0 Å². The molecule has 6 heteroatoms. The molecular weight excluding hydrogens is 272 g/mol. The van der Waals surface area contributed by atoms with Gasteiger partial charge in [0.25, 0.3) is 0 Å². The Morgan fingerprint density at radius 1 is 1.24 bits per heavy atom. The molecule has 0 aromatic heterocycles. The minimum absolute atomic E-state index is 0.0604. The molecular formula is C15H20N2O4. The lowest BCUT2D eigenvalue weighted by molar-refractivity contribution is -0.143. The first-order chi connectivity index (χ1) is 9.77. The van der Waals surface area contributed by atoms with Gasteiger partial charge in [-0.2, -0.15) is 0 Å². The molecule has 0 aliphatic carbocycles. The Bertz CT molecular complexity index is 530. The zero-order valence-corrected chi connectivity index (χ0v) is 12.3. The van der Waals surface area contributed by atoms with Gasteiger partial charge in [-0.25, -0.2) is 0 Å². The summed E-state index contributed by atoms with van der Waals surface area (Å²) in [4.78, 5) is 34.3. The molecule has 2 atom stereocenters. The van der Waals surface area contributed by atoms with Crippen molar-refractivity contribution < 1.29 is 19.5 Å². The smallest absolute Gasteiger partial charge is 0.315 e. The van der Waals surface area contributed by atoms with Crippen molar-refractivity contribution in [1.82, 2.24) is 10.6 Å². The Morgan fingerprint density at radius 3 is 2.29 bits per heavy atom. The zero-order chi connectivity index (χ0) is 16.0. The maximum Gasteiger partial charge on any atom is 0.315 e. The molecule has 0 saturated heterocycles. The number of hydrogen-bond acceptors (Lipinski definition) is 3. The van der Waals surface area contributed by atoms with E-state index in [4.69, 9.17) is 0 Å². The van der Waals surface area contributed by atoms with Crippen LogP contribution in [0.5, 0.6) is 0 Å². The predicted molar refractivity (Wildman–Crippen MR) is 77.7 cm³/mol. The highest BCUT2D eigenvalue weighted by Gasteiger charge is 2.35. The van der Waals surface area contributed by atoms with Gasteiger partial charge in [-0.1, -0.05) is 30.3 Å². The molecule has 2 unspecified atom stereocenters. The SMILES string of the molecule is CC(=O)NC(C)C(=O)NCC(C)(C(=O)O)c1ccccc1. The van der Waals surface area contributed by atoms with Crippen molar-refractivity contribution in [2.75, 3.05) is 6.54 Å². The van der Waals surface area contributed by atoms with E-state index < -0.39 is 23.3 Å². The van der Waals surface area contributed by atoms with Crippen LogP contribution >= 0.6 is 0 Å². The van der Waals surface area contributed by atoms with Gasteiger partial charge in [-0.15, -0.1) is 0 Å². The van der Waals surface area contributed by atoms with Crippen LogP contribution in [0.2, 0.25) is 0 Å². The highest BCUT2D eigenvalue weighted by molar-refractivity contribution is 5.87. The third-order valence-corrected chi connectivity index (χ3v) is 3.31. The molecule has 1 aromatic rings. The van der Waals surface area contributed by atoms with Crippen molar-refractivity contribution in [3.63, 3.8) is 0 Å². The Morgan fingerprint density at radius 2 is 1.81 bits per heavy atom. The molecule has 0 bridgehead atoms. The molecule has 1 aromatic carbocycles. The highest BCUT2D eigenvalue weighted by Crippen LogP contribution is 2.23. The van der Waals surface area contributed by atoms with E-state index in [1.807, 2.05) is 0 Å². The second kappa shape index (κ2) is 6.88. The third-order valence-electron chi connectivity index (χ3n) is 3.31. The lowest BCUT2D eigenvalue weighted by Gasteiger charge is -2.26. The number of carbonyl (C=O) groups is 3. The number of aliphatic carboxylic acids is 1. The summed E-state index contributed by atoms with van der Waals surface area (Å²) in [6, 6.07) is 7.99. The van der Waals surface area contributed by atoms with Crippen LogP contribution in [-0.4, -0.2) is 35.5 Å². The van der Waals surface area contributed by atoms with Crippen molar-refractivity contribution in [2.24, 2.45) is 0 Å². The fourth-order valence-corrected chi connectivity index (χ4v) is 1.89. The van der Waals surface area contributed by atoms with Crippen LogP contribution in [0.25, 0.3) is 0 Å². The second-order valence-corrected chi connectivity index (χ2v) is 5.14. The van der Waals surface area contributed by atoms with Crippen LogP contribution in [0.4, 0.5) is 0 Å². The van der Waals surface area contributed by atoms with Gasteiger partial charge in [-0.05, 0) is 19.4 Å². The minimum atomic E-state index is -1.23. The van der Waals surface area contributed by atoms with E-state index in [0.717, 1.165) is 0 Å². The van der Waals surface area contributed by atoms with Crippen molar-refractivity contribution in [2.45, 2.75) is 32.2 Å².